The van der Waals surface area contributed by atoms with Crippen LogP contribution in [0.2, 0.25) is 0 Å². The zero-order chi connectivity index (χ0) is 16.8. The summed E-state index contributed by atoms with van der Waals surface area (Å²) in [7, 11) is 0. The second kappa shape index (κ2) is 7.92. The van der Waals surface area contributed by atoms with Crippen LogP contribution in [0.3, 0.4) is 0 Å². The van der Waals surface area contributed by atoms with Crippen molar-refractivity contribution in [1.82, 2.24) is 0 Å². The number of carbonyl (C=O) groups excluding carboxylic acids is 2. The third-order valence-corrected chi connectivity index (χ3v) is 3.51. The number of benzene rings is 1. The normalized spacial score (nSPS) is 12.5. The van der Waals surface area contributed by atoms with Crippen molar-refractivity contribution in [2.75, 3.05) is 11.9 Å². The lowest BCUT2D eigenvalue weighted by Crippen LogP contribution is -2.27. The Bertz CT molecular complexity index is 520. The predicted octanol–water partition coefficient (Wildman–Crippen LogP) is 3.16. The molecule has 0 fully saturated rings. The topological polar surface area (TPSA) is 81.4 Å². The molecule has 22 heavy (non-hydrogen) atoms. The Hall–Kier alpha value is -1.90. The SMILES string of the molecule is CCC(SC(N)=O)C(=O)Nc1ccc(OCC(F)(F)F)cc1. The lowest BCUT2D eigenvalue weighted by Gasteiger charge is -2.13. The van der Waals surface area contributed by atoms with Crippen LogP contribution in [0.4, 0.5) is 23.7 Å². The number of primary amides is 1. The summed E-state index contributed by atoms with van der Waals surface area (Å²) < 4.78 is 40.6. The van der Waals surface area contributed by atoms with Crippen molar-refractivity contribution in [3.8, 4) is 5.75 Å². The molecule has 5 nitrogen and oxygen atoms in total. The van der Waals surface area contributed by atoms with Crippen LogP contribution in [-0.2, 0) is 4.79 Å². The molecule has 1 aromatic rings. The molecule has 0 aliphatic carbocycles. The van der Waals surface area contributed by atoms with Gasteiger partial charge < -0.3 is 15.8 Å². The van der Waals surface area contributed by atoms with E-state index in [2.05, 4.69) is 10.1 Å². The number of nitrogens with two attached hydrogens (primary N) is 1. The lowest BCUT2D eigenvalue weighted by atomic mass is 10.2. The van der Waals surface area contributed by atoms with Crippen LogP contribution >= 0.6 is 11.8 Å². The average Bonchev–Trinajstić information content (AvgIpc) is 2.42. The molecular weight excluding hydrogens is 321 g/mol. The summed E-state index contributed by atoms with van der Waals surface area (Å²) >= 11 is 0.718. The van der Waals surface area contributed by atoms with Gasteiger partial charge in [0.15, 0.2) is 6.61 Å². The van der Waals surface area contributed by atoms with E-state index in [9.17, 15) is 22.8 Å². The number of amides is 2. The number of hydrogen-bond acceptors (Lipinski definition) is 4. The number of rotatable bonds is 6. The highest BCUT2D eigenvalue weighted by Crippen LogP contribution is 2.21. The maximum atomic E-state index is 12.0. The minimum atomic E-state index is -4.41. The van der Waals surface area contributed by atoms with E-state index in [0.717, 1.165) is 11.8 Å². The van der Waals surface area contributed by atoms with E-state index in [0.29, 0.717) is 12.1 Å². The van der Waals surface area contributed by atoms with Crippen molar-refractivity contribution < 1.29 is 27.5 Å². The van der Waals surface area contributed by atoms with Gasteiger partial charge in [0.2, 0.25) is 5.91 Å². The molecule has 0 aliphatic heterocycles. The number of ether oxygens (including phenoxy) is 1. The van der Waals surface area contributed by atoms with Gasteiger partial charge in [-0.25, -0.2) is 0 Å². The van der Waals surface area contributed by atoms with Crippen LogP contribution in [0.15, 0.2) is 24.3 Å². The van der Waals surface area contributed by atoms with Crippen LogP contribution in [0.1, 0.15) is 13.3 Å². The van der Waals surface area contributed by atoms with Crippen LogP contribution in [0, 0.1) is 0 Å². The number of hydrogen-bond donors (Lipinski definition) is 2. The van der Waals surface area contributed by atoms with E-state index in [1.165, 1.54) is 24.3 Å². The van der Waals surface area contributed by atoms with Crippen molar-refractivity contribution in [3.63, 3.8) is 0 Å². The first-order valence-corrected chi connectivity index (χ1v) is 7.16. The van der Waals surface area contributed by atoms with Crippen molar-refractivity contribution in [3.05, 3.63) is 24.3 Å². The van der Waals surface area contributed by atoms with E-state index < -0.39 is 29.2 Å². The largest absolute Gasteiger partial charge is 0.484 e. The molecule has 0 spiro atoms. The zero-order valence-electron chi connectivity index (χ0n) is 11.6. The van der Waals surface area contributed by atoms with Crippen molar-refractivity contribution in [2.45, 2.75) is 24.8 Å². The minimum absolute atomic E-state index is 0.0360. The summed E-state index contributed by atoms with van der Waals surface area (Å²) in [6.07, 6.45) is -4.00. The molecule has 0 aromatic heterocycles. The Morgan fingerprint density at radius 3 is 2.36 bits per heavy atom. The highest BCUT2D eigenvalue weighted by atomic mass is 32.2. The Balaban J connectivity index is 2.59. The first-order valence-electron chi connectivity index (χ1n) is 6.28. The molecule has 122 valence electrons. The zero-order valence-corrected chi connectivity index (χ0v) is 12.5. The molecule has 0 saturated heterocycles. The summed E-state index contributed by atoms with van der Waals surface area (Å²) in [6, 6.07) is 5.43. The Kier molecular flexibility index (Phi) is 6.54. The molecular formula is C13H15F3N2O3S. The van der Waals surface area contributed by atoms with Gasteiger partial charge in [0.05, 0.1) is 5.25 Å². The standard InChI is InChI=1S/C13H15F3N2O3S/c1-2-10(22-12(17)20)11(19)18-8-3-5-9(6-4-8)21-7-13(14,15)16/h3-6,10H,2,7H2,1H3,(H2,17,20)(H,18,19). The second-order valence-corrected chi connectivity index (χ2v) is 5.46. The molecule has 1 unspecified atom stereocenters. The Morgan fingerprint density at radius 1 is 1.32 bits per heavy atom. The van der Waals surface area contributed by atoms with E-state index in [4.69, 9.17) is 5.73 Å². The maximum absolute atomic E-state index is 12.0. The number of thioether (sulfide) groups is 1. The fourth-order valence-corrected chi connectivity index (χ4v) is 2.10. The third-order valence-electron chi connectivity index (χ3n) is 2.45. The highest BCUT2D eigenvalue weighted by Gasteiger charge is 2.28. The number of nitrogens with one attached hydrogen (secondary N) is 1. The summed E-state index contributed by atoms with van der Waals surface area (Å²) in [6.45, 7) is 0.347. The number of anilines is 1. The fraction of sp³-hybridized carbons (Fsp3) is 0.385. The van der Waals surface area contributed by atoms with Crippen molar-refractivity contribution >= 4 is 28.6 Å². The number of carbonyl (C=O) groups is 2. The molecule has 1 rings (SSSR count). The van der Waals surface area contributed by atoms with Gasteiger partial charge in [-0.2, -0.15) is 13.2 Å². The molecule has 0 bridgehead atoms. The molecule has 3 N–H and O–H groups in total. The lowest BCUT2D eigenvalue weighted by molar-refractivity contribution is -0.153. The van der Waals surface area contributed by atoms with Gasteiger partial charge in [0.1, 0.15) is 5.75 Å². The molecule has 0 aliphatic rings. The molecule has 1 atom stereocenters. The number of alkyl halides is 3. The van der Waals surface area contributed by atoms with E-state index in [1.54, 1.807) is 6.92 Å². The number of halogens is 3. The molecule has 1 aromatic carbocycles. The summed E-state index contributed by atoms with van der Waals surface area (Å²) in [5, 5.41) is 1.27. The monoisotopic (exact) mass is 336 g/mol. The Morgan fingerprint density at radius 2 is 1.91 bits per heavy atom. The molecule has 0 saturated carbocycles. The van der Waals surface area contributed by atoms with Gasteiger partial charge in [0, 0.05) is 5.69 Å². The predicted molar refractivity (Wildman–Crippen MR) is 77.9 cm³/mol. The van der Waals surface area contributed by atoms with Crippen molar-refractivity contribution in [2.24, 2.45) is 5.73 Å². The summed E-state index contributed by atoms with van der Waals surface area (Å²) in [5.74, 6) is -0.371. The third kappa shape index (κ3) is 6.70. The van der Waals surface area contributed by atoms with Gasteiger partial charge in [-0.15, -0.1) is 0 Å². The Labute approximate surface area is 129 Å². The molecule has 0 radical (unpaired) electrons. The van der Waals surface area contributed by atoms with Gasteiger partial charge >= 0.3 is 6.18 Å². The first kappa shape index (κ1) is 18.1. The van der Waals surface area contributed by atoms with Gasteiger partial charge in [-0.3, -0.25) is 9.59 Å². The molecule has 0 heterocycles. The van der Waals surface area contributed by atoms with Gasteiger partial charge in [-0.05, 0) is 30.7 Å². The first-order chi connectivity index (χ1) is 10.2. The average molecular weight is 336 g/mol. The summed E-state index contributed by atoms with van der Waals surface area (Å²) in [5.41, 5.74) is 5.41. The van der Waals surface area contributed by atoms with Gasteiger partial charge in [0.25, 0.3) is 5.24 Å². The van der Waals surface area contributed by atoms with E-state index in [1.807, 2.05) is 0 Å². The van der Waals surface area contributed by atoms with Crippen LogP contribution in [0.5, 0.6) is 5.75 Å². The van der Waals surface area contributed by atoms with Gasteiger partial charge in [-0.1, -0.05) is 18.7 Å². The highest BCUT2D eigenvalue weighted by molar-refractivity contribution is 8.14. The molecule has 2 amide bonds. The van der Waals surface area contributed by atoms with Crippen LogP contribution in [-0.4, -0.2) is 29.2 Å². The van der Waals surface area contributed by atoms with Crippen LogP contribution < -0.4 is 15.8 Å². The quantitative estimate of drug-likeness (QED) is 0.836. The van der Waals surface area contributed by atoms with E-state index >= 15 is 0 Å². The minimum Gasteiger partial charge on any atom is -0.484 e. The summed E-state index contributed by atoms with van der Waals surface area (Å²) in [4.78, 5) is 22.7. The van der Waals surface area contributed by atoms with Crippen LogP contribution in [0.25, 0.3) is 0 Å². The fourth-order valence-electron chi connectivity index (χ4n) is 1.48. The second-order valence-electron chi connectivity index (χ2n) is 4.25. The molecule has 9 heteroatoms. The smallest absolute Gasteiger partial charge is 0.422 e. The maximum Gasteiger partial charge on any atom is 0.422 e. The van der Waals surface area contributed by atoms with E-state index in [-0.39, 0.29) is 5.75 Å². The van der Waals surface area contributed by atoms with Crippen molar-refractivity contribution in [1.29, 1.82) is 0 Å².